The van der Waals surface area contributed by atoms with Gasteiger partial charge in [-0.15, -0.1) is 0 Å². The van der Waals surface area contributed by atoms with Crippen LogP contribution in [0.4, 0.5) is 4.79 Å². The molecular formula is C14H27N3O3. The number of aliphatic carboxylic acids is 1. The fraction of sp³-hybridized carbons (Fsp3) is 0.857. The van der Waals surface area contributed by atoms with Crippen LogP contribution in [0.1, 0.15) is 33.6 Å². The summed E-state index contributed by atoms with van der Waals surface area (Å²) in [7, 11) is 0. The molecule has 2 atom stereocenters. The number of amides is 2. The molecule has 2 unspecified atom stereocenters. The minimum atomic E-state index is -0.911. The van der Waals surface area contributed by atoms with E-state index in [0.29, 0.717) is 13.1 Å². The number of rotatable bonds is 7. The summed E-state index contributed by atoms with van der Waals surface area (Å²) in [5, 5.41) is 12.0. The molecule has 6 heteroatoms. The smallest absolute Gasteiger partial charge is 0.326 e. The van der Waals surface area contributed by atoms with Gasteiger partial charge in [0.1, 0.15) is 6.04 Å². The van der Waals surface area contributed by atoms with Gasteiger partial charge in [-0.25, -0.2) is 9.59 Å². The average molecular weight is 285 g/mol. The summed E-state index contributed by atoms with van der Waals surface area (Å²) in [5.74, 6) is -0.892. The number of carbonyl (C=O) groups is 2. The number of nitrogens with zero attached hydrogens (tertiary/aromatic N) is 2. The van der Waals surface area contributed by atoms with Crippen LogP contribution in [0, 0.1) is 5.92 Å². The molecule has 0 aromatic heterocycles. The van der Waals surface area contributed by atoms with E-state index in [2.05, 4.69) is 24.1 Å². The van der Waals surface area contributed by atoms with Gasteiger partial charge in [-0.05, 0) is 31.8 Å². The predicted octanol–water partition coefficient (Wildman–Crippen LogP) is 1.22. The number of carboxylic acids is 1. The normalized spacial score (nSPS) is 22.3. The number of hydrogen-bond acceptors (Lipinski definition) is 3. The number of carboxylic acid groups (broad SMARTS) is 1. The molecule has 1 saturated heterocycles. The van der Waals surface area contributed by atoms with Crippen LogP contribution in [0.3, 0.4) is 0 Å². The van der Waals surface area contributed by atoms with E-state index in [9.17, 15) is 14.7 Å². The molecule has 0 saturated carbocycles. The Kier molecular flexibility index (Phi) is 6.78. The van der Waals surface area contributed by atoms with Gasteiger partial charge in [-0.3, -0.25) is 0 Å². The highest BCUT2D eigenvalue weighted by atomic mass is 16.4. The van der Waals surface area contributed by atoms with Crippen molar-refractivity contribution >= 4 is 12.0 Å². The molecular weight excluding hydrogens is 258 g/mol. The largest absolute Gasteiger partial charge is 0.480 e. The van der Waals surface area contributed by atoms with Crippen molar-refractivity contribution in [2.75, 3.05) is 32.7 Å². The molecule has 6 nitrogen and oxygen atoms in total. The maximum absolute atomic E-state index is 12.1. The maximum Gasteiger partial charge on any atom is 0.326 e. The molecule has 0 radical (unpaired) electrons. The van der Waals surface area contributed by atoms with Crippen molar-refractivity contribution in [3.63, 3.8) is 0 Å². The molecule has 2 amide bonds. The second-order valence-electron chi connectivity index (χ2n) is 5.41. The lowest BCUT2D eigenvalue weighted by atomic mass is 10.0. The first-order valence-electron chi connectivity index (χ1n) is 7.50. The number of likely N-dealkylation sites (N-methyl/N-ethyl adjacent to an activating group) is 1. The predicted molar refractivity (Wildman–Crippen MR) is 77.7 cm³/mol. The number of hydrogen-bond donors (Lipinski definition) is 2. The van der Waals surface area contributed by atoms with Crippen LogP contribution in [0.2, 0.25) is 0 Å². The molecule has 116 valence electrons. The lowest BCUT2D eigenvalue weighted by Crippen LogP contribution is -2.49. The topological polar surface area (TPSA) is 72.9 Å². The summed E-state index contributed by atoms with van der Waals surface area (Å²) >= 11 is 0. The second-order valence-corrected chi connectivity index (χ2v) is 5.41. The standard InChI is InChI=1S/C14H27N3O3/c1-4-8-16(5-2)10-7-15-14(20)17-9-6-11(3)12(17)13(18)19/h11-12H,4-10H2,1-3H3,(H,15,20)(H,18,19). The Hall–Kier alpha value is -1.30. The van der Waals surface area contributed by atoms with E-state index in [4.69, 9.17) is 0 Å². The lowest BCUT2D eigenvalue weighted by molar-refractivity contribution is -0.142. The van der Waals surface area contributed by atoms with Gasteiger partial charge < -0.3 is 20.2 Å². The minimum Gasteiger partial charge on any atom is -0.480 e. The van der Waals surface area contributed by atoms with Crippen molar-refractivity contribution in [2.24, 2.45) is 5.92 Å². The van der Waals surface area contributed by atoms with E-state index >= 15 is 0 Å². The Balaban J connectivity index is 2.41. The van der Waals surface area contributed by atoms with Crippen LogP contribution in [0.15, 0.2) is 0 Å². The van der Waals surface area contributed by atoms with Gasteiger partial charge in [0.2, 0.25) is 0 Å². The van der Waals surface area contributed by atoms with Crippen LogP contribution in [-0.2, 0) is 4.79 Å². The first-order chi connectivity index (χ1) is 9.51. The zero-order chi connectivity index (χ0) is 15.1. The lowest BCUT2D eigenvalue weighted by Gasteiger charge is -2.25. The van der Waals surface area contributed by atoms with Gasteiger partial charge in [0.25, 0.3) is 0 Å². The molecule has 2 N–H and O–H groups in total. The number of nitrogens with one attached hydrogen (secondary N) is 1. The van der Waals surface area contributed by atoms with Crippen LogP contribution < -0.4 is 5.32 Å². The molecule has 20 heavy (non-hydrogen) atoms. The molecule has 1 fully saturated rings. The van der Waals surface area contributed by atoms with Gasteiger partial charge in [0, 0.05) is 19.6 Å². The molecule has 0 bridgehead atoms. The molecule has 1 aliphatic heterocycles. The van der Waals surface area contributed by atoms with E-state index in [1.807, 2.05) is 6.92 Å². The van der Waals surface area contributed by atoms with E-state index in [-0.39, 0.29) is 11.9 Å². The average Bonchev–Trinajstić information content (AvgIpc) is 2.79. The highest BCUT2D eigenvalue weighted by molar-refractivity contribution is 5.83. The number of carbonyl (C=O) groups excluding carboxylic acids is 1. The Morgan fingerprint density at radius 2 is 2.05 bits per heavy atom. The van der Waals surface area contributed by atoms with Gasteiger partial charge in [0.05, 0.1) is 0 Å². The Morgan fingerprint density at radius 1 is 1.35 bits per heavy atom. The van der Waals surface area contributed by atoms with Gasteiger partial charge in [-0.2, -0.15) is 0 Å². The van der Waals surface area contributed by atoms with Crippen molar-refractivity contribution in [2.45, 2.75) is 39.7 Å². The van der Waals surface area contributed by atoms with E-state index in [0.717, 1.165) is 32.5 Å². The van der Waals surface area contributed by atoms with Crippen molar-refractivity contribution in [1.29, 1.82) is 0 Å². The molecule has 0 spiro atoms. The third-order valence-electron chi connectivity index (χ3n) is 3.91. The molecule has 1 aliphatic rings. The van der Waals surface area contributed by atoms with E-state index in [1.54, 1.807) is 0 Å². The van der Waals surface area contributed by atoms with E-state index in [1.165, 1.54) is 4.90 Å². The molecule has 0 aliphatic carbocycles. The van der Waals surface area contributed by atoms with Crippen LogP contribution in [-0.4, -0.2) is 65.7 Å². The van der Waals surface area contributed by atoms with E-state index < -0.39 is 12.0 Å². The zero-order valence-corrected chi connectivity index (χ0v) is 12.8. The number of likely N-dealkylation sites (tertiary alicyclic amines) is 1. The van der Waals surface area contributed by atoms with Crippen LogP contribution >= 0.6 is 0 Å². The zero-order valence-electron chi connectivity index (χ0n) is 12.8. The molecule has 0 aromatic rings. The fourth-order valence-corrected chi connectivity index (χ4v) is 2.72. The Bertz CT molecular complexity index is 336. The highest BCUT2D eigenvalue weighted by Crippen LogP contribution is 2.23. The van der Waals surface area contributed by atoms with Crippen molar-refractivity contribution < 1.29 is 14.7 Å². The summed E-state index contributed by atoms with van der Waals surface area (Å²) < 4.78 is 0. The summed E-state index contributed by atoms with van der Waals surface area (Å²) in [5.41, 5.74) is 0. The fourth-order valence-electron chi connectivity index (χ4n) is 2.72. The summed E-state index contributed by atoms with van der Waals surface area (Å²) in [6.45, 7) is 9.97. The minimum absolute atomic E-state index is 0.0190. The molecule has 1 heterocycles. The summed E-state index contributed by atoms with van der Waals surface area (Å²) in [6.07, 6.45) is 1.84. The summed E-state index contributed by atoms with van der Waals surface area (Å²) in [6, 6.07) is -0.942. The van der Waals surface area contributed by atoms with Gasteiger partial charge in [-0.1, -0.05) is 20.8 Å². The quantitative estimate of drug-likeness (QED) is 0.738. The highest BCUT2D eigenvalue weighted by Gasteiger charge is 2.39. The third kappa shape index (κ3) is 4.37. The van der Waals surface area contributed by atoms with Crippen LogP contribution in [0.5, 0.6) is 0 Å². The monoisotopic (exact) mass is 285 g/mol. The molecule has 1 rings (SSSR count). The molecule has 0 aromatic carbocycles. The maximum atomic E-state index is 12.1. The van der Waals surface area contributed by atoms with Crippen LogP contribution in [0.25, 0.3) is 0 Å². The first kappa shape index (κ1) is 16.8. The van der Waals surface area contributed by atoms with Crippen molar-refractivity contribution in [3.05, 3.63) is 0 Å². The second kappa shape index (κ2) is 8.09. The Morgan fingerprint density at radius 3 is 2.60 bits per heavy atom. The van der Waals surface area contributed by atoms with Crippen molar-refractivity contribution in [1.82, 2.24) is 15.1 Å². The summed E-state index contributed by atoms with van der Waals surface area (Å²) in [4.78, 5) is 27.0. The van der Waals surface area contributed by atoms with Gasteiger partial charge >= 0.3 is 12.0 Å². The SMILES string of the molecule is CCCN(CC)CCNC(=O)N1CCC(C)C1C(=O)O. The van der Waals surface area contributed by atoms with Crippen molar-refractivity contribution in [3.8, 4) is 0 Å². The number of urea groups is 1. The first-order valence-corrected chi connectivity index (χ1v) is 7.50. The third-order valence-corrected chi connectivity index (χ3v) is 3.91. The Labute approximate surface area is 121 Å². The van der Waals surface area contributed by atoms with Gasteiger partial charge in [0.15, 0.2) is 0 Å².